The van der Waals surface area contributed by atoms with E-state index in [1.807, 2.05) is 66.7 Å². The van der Waals surface area contributed by atoms with Crippen LogP contribution in [-0.4, -0.2) is 124 Å². The molecule has 81 heavy (non-hydrogen) atoms. The number of fused-ring (bicyclic) bond motifs is 2. The SMILES string of the molecule is CC(C)[C@@H]1NC(=O)[C@H](CCCCN)NC(=O)[C@@H](Cc2c[nH]c3ccccc23)NC(=O)[C@H](Cc2cccnc2)NC(=O)[C@H](NC(=O)[C@@H](N)Cc2ccc(Cl)cc2)CSSC[C@@H](C(=O)N[C@@H](Cc2ccc3ccccc3c2)C(N)=O)NC1=O. The Balaban J connectivity index is 1.24. The highest BCUT2D eigenvalue weighted by Crippen LogP contribution is 2.25. The number of halogens is 1. The number of nitrogens with one attached hydrogen (secondary N) is 8. The van der Waals surface area contributed by atoms with Crippen LogP contribution in [0.1, 0.15) is 55.4 Å². The number of amides is 8. The van der Waals surface area contributed by atoms with Gasteiger partial charge in [-0.1, -0.05) is 126 Å². The lowest BCUT2D eigenvalue weighted by atomic mass is 10.00. The molecular weight excluding hydrogens is 1090 g/mol. The number of pyridine rings is 1. The number of rotatable bonds is 18. The van der Waals surface area contributed by atoms with Gasteiger partial charge in [-0.05, 0) is 95.4 Å². The molecule has 20 nitrogen and oxygen atoms in total. The summed E-state index contributed by atoms with van der Waals surface area (Å²) in [5.41, 5.74) is 21.6. The van der Waals surface area contributed by atoms with E-state index >= 15 is 0 Å². The van der Waals surface area contributed by atoms with Crippen molar-refractivity contribution in [3.05, 3.63) is 149 Å². The number of nitrogens with two attached hydrogens (primary N) is 3. The van der Waals surface area contributed by atoms with Crippen LogP contribution < -0.4 is 54.4 Å². The van der Waals surface area contributed by atoms with Crippen molar-refractivity contribution in [2.45, 2.75) is 107 Å². The minimum atomic E-state index is -1.37. The Kier molecular flexibility index (Phi) is 22.5. The van der Waals surface area contributed by atoms with Gasteiger partial charge in [-0.25, -0.2) is 0 Å². The maximum atomic E-state index is 14.9. The first-order valence-corrected chi connectivity index (χ1v) is 29.6. The second-order valence-corrected chi connectivity index (χ2v) is 23.3. The van der Waals surface area contributed by atoms with Gasteiger partial charge < -0.3 is 59.4 Å². The summed E-state index contributed by atoms with van der Waals surface area (Å²) in [4.78, 5) is 122. The summed E-state index contributed by atoms with van der Waals surface area (Å²) in [6, 6.07) is 20.5. The van der Waals surface area contributed by atoms with E-state index in [1.54, 1.807) is 62.6 Å². The zero-order valence-corrected chi connectivity index (χ0v) is 47.3. The van der Waals surface area contributed by atoms with Gasteiger partial charge in [0.1, 0.15) is 42.3 Å². The molecule has 8 amide bonds. The molecule has 0 aliphatic carbocycles. The van der Waals surface area contributed by atoms with E-state index in [2.05, 4.69) is 47.2 Å². The molecular formula is C58H69ClN12O8S2. The lowest BCUT2D eigenvalue weighted by molar-refractivity contribution is -0.136. The van der Waals surface area contributed by atoms with E-state index in [0.29, 0.717) is 46.7 Å². The molecule has 7 rings (SSSR count). The number of aromatic nitrogens is 2. The Bertz CT molecular complexity index is 3170. The zero-order valence-electron chi connectivity index (χ0n) is 45.0. The third-order valence-corrected chi connectivity index (χ3v) is 16.5. The van der Waals surface area contributed by atoms with Crippen LogP contribution in [0.15, 0.2) is 122 Å². The Labute approximate surface area is 482 Å². The summed E-state index contributed by atoms with van der Waals surface area (Å²) in [5.74, 6) is -6.94. The van der Waals surface area contributed by atoms with Crippen molar-refractivity contribution in [3.8, 4) is 0 Å². The van der Waals surface area contributed by atoms with E-state index in [0.717, 1.165) is 43.3 Å². The van der Waals surface area contributed by atoms with Crippen LogP contribution in [0.25, 0.3) is 21.7 Å². The maximum Gasteiger partial charge on any atom is 0.244 e. The molecule has 428 valence electrons. The Hall–Kier alpha value is -7.50. The third kappa shape index (κ3) is 17.7. The molecule has 1 fully saturated rings. The fraction of sp³-hybridized carbons (Fsp3) is 0.362. The van der Waals surface area contributed by atoms with Gasteiger partial charge in [-0.3, -0.25) is 43.3 Å². The maximum absolute atomic E-state index is 14.9. The van der Waals surface area contributed by atoms with Crippen LogP contribution in [0.5, 0.6) is 0 Å². The Morgan fingerprint density at radius 2 is 1.37 bits per heavy atom. The molecule has 4 aromatic carbocycles. The monoisotopic (exact) mass is 1160 g/mol. The highest BCUT2D eigenvalue weighted by molar-refractivity contribution is 8.76. The van der Waals surface area contributed by atoms with Crippen molar-refractivity contribution in [2.75, 3.05) is 18.1 Å². The van der Waals surface area contributed by atoms with Gasteiger partial charge in [-0.15, -0.1) is 0 Å². The van der Waals surface area contributed by atoms with Crippen LogP contribution in [0.3, 0.4) is 0 Å². The summed E-state index contributed by atoms with van der Waals surface area (Å²) in [6.07, 6.45) is 5.73. The number of carbonyl (C=O) groups excluding carboxylic acids is 8. The summed E-state index contributed by atoms with van der Waals surface area (Å²) in [6.45, 7) is 3.70. The highest BCUT2D eigenvalue weighted by atomic mass is 35.5. The van der Waals surface area contributed by atoms with Gasteiger partial charge in [0.25, 0.3) is 0 Å². The third-order valence-electron chi connectivity index (χ3n) is 13.8. The van der Waals surface area contributed by atoms with E-state index in [-0.39, 0.29) is 43.6 Å². The Morgan fingerprint density at radius 1 is 0.704 bits per heavy atom. The molecule has 14 N–H and O–H groups in total. The number of hydrogen-bond donors (Lipinski definition) is 11. The number of aromatic amines is 1. The predicted octanol–water partition coefficient (Wildman–Crippen LogP) is 3.03. The molecule has 1 aliphatic rings. The molecule has 23 heteroatoms. The van der Waals surface area contributed by atoms with Gasteiger partial charge in [0.2, 0.25) is 47.3 Å². The number of benzene rings is 4. The summed E-state index contributed by atoms with van der Waals surface area (Å²) in [5, 5.41) is 22.8. The first kappa shape index (κ1) is 61.1. The average Bonchev–Trinajstić information content (AvgIpc) is 3.91. The Morgan fingerprint density at radius 3 is 2.09 bits per heavy atom. The number of primary amides is 1. The van der Waals surface area contributed by atoms with Crippen LogP contribution in [-0.2, 0) is 64.0 Å². The van der Waals surface area contributed by atoms with Crippen molar-refractivity contribution in [1.29, 1.82) is 0 Å². The lowest BCUT2D eigenvalue weighted by Gasteiger charge is -2.29. The summed E-state index contributed by atoms with van der Waals surface area (Å²) < 4.78 is 0. The quantitative estimate of drug-likeness (QED) is 0.0436. The molecule has 2 aromatic heterocycles. The molecule has 3 heterocycles. The number of para-hydroxylation sites is 1. The van der Waals surface area contributed by atoms with E-state index in [4.69, 9.17) is 28.8 Å². The lowest BCUT2D eigenvalue weighted by Crippen LogP contribution is -2.61. The van der Waals surface area contributed by atoms with Crippen molar-refractivity contribution in [2.24, 2.45) is 23.1 Å². The van der Waals surface area contributed by atoms with Gasteiger partial charge in [0.15, 0.2) is 0 Å². The molecule has 6 aromatic rings. The largest absolute Gasteiger partial charge is 0.368 e. The van der Waals surface area contributed by atoms with Gasteiger partial charge >= 0.3 is 0 Å². The van der Waals surface area contributed by atoms with Crippen LogP contribution in [0.4, 0.5) is 0 Å². The summed E-state index contributed by atoms with van der Waals surface area (Å²) in [7, 11) is 2.14. The van der Waals surface area contributed by atoms with Crippen molar-refractivity contribution >= 4 is 102 Å². The zero-order chi connectivity index (χ0) is 58.0. The standard InChI is InChI=1S/C58H69ClN12O8S2/c1-33(2)50-58(79)70-49(56(77)66-45(51(62)72)26-35-16-19-37-11-3-4-12-38(37)24-35)32-81-80-31-48(69-52(73)42(61)25-34-17-20-40(59)21-18-34)57(78)67-46(27-36-10-9-23-63-29-36)54(75)68-47(28-39-30-64-43-14-6-5-13-41(39)43)55(76)65-44(53(74)71-50)15-7-8-22-60/h3-6,9-14,16-21,23-24,29-30,33,42,44-50,64H,7-8,15,22,25-28,31-32,60-61H2,1-2H3,(H2,62,72)(H,65,76)(H,66,77)(H,67,78)(H,68,75)(H,69,73)(H,70,79)(H,71,74)/t42-,44-,45-,46-,47+,48+,49-,50-/m0/s1. The topological polar surface area (TPSA) is 328 Å². The first-order chi connectivity index (χ1) is 39.0. The van der Waals surface area contributed by atoms with Crippen LogP contribution in [0.2, 0.25) is 5.02 Å². The van der Waals surface area contributed by atoms with E-state index in [9.17, 15) is 38.4 Å². The van der Waals surface area contributed by atoms with Gasteiger partial charge in [0.05, 0.1) is 6.04 Å². The fourth-order valence-electron chi connectivity index (χ4n) is 9.26. The van der Waals surface area contributed by atoms with Crippen molar-refractivity contribution in [1.82, 2.24) is 47.2 Å². The number of unbranched alkanes of at least 4 members (excludes halogenated alkanes) is 1. The van der Waals surface area contributed by atoms with Gasteiger partial charge in [0, 0.05) is 65.3 Å². The van der Waals surface area contributed by atoms with Crippen molar-refractivity contribution < 1.29 is 38.4 Å². The molecule has 0 unspecified atom stereocenters. The van der Waals surface area contributed by atoms with E-state index in [1.165, 1.54) is 6.20 Å². The smallest absolute Gasteiger partial charge is 0.244 e. The molecule has 0 radical (unpaired) electrons. The average molecular weight is 1160 g/mol. The van der Waals surface area contributed by atoms with Crippen molar-refractivity contribution in [3.63, 3.8) is 0 Å². The van der Waals surface area contributed by atoms with Crippen LogP contribution >= 0.6 is 33.2 Å². The van der Waals surface area contributed by atoms with Gasteiger partial charge in [-0.2, -0.15) is 0 Å². The molecule has 1 saturated heterocycles. The number of carbonyl (C=O) groups is 8. The first-order valence-electron chi connectivity index (χ1n) is 26.7. The molecule has 8 atom stereocenters. The second kappa shape index (κ2) is 29.8. The highest BCUT2D eigenvalue weighted by Gasteiger charge is 2.36. The molecule has 1 aliphatic heterocycles. The van der Waals surface area contributed by atoms with E-state index < -0.39 is 102 Å². The molecule has 0 saturated carbocycles. The fourth-order valence-corrected chi connectivity index (χ4v) is 11.7. The molecule has 0 spiro atoms. The number of nitrogens with zero attached hydrogens (tertiary/aromatic N) is 1. The number of H-pyrrole nitrogens is 1. The second-order valence-electron chi connectivity index (χ2n) is 20.3. The minimum absolute atomic E-state index is 0.0233. The predicted molar refractivity (Wildman–Crippen MR) is 316 cm³/mol. The number of hydrogen-bond acceptors (Lipinski definition) is 13. The normalized spacial score (nSPS) is 20.7. The molecule has 0 bridgehead atoms. The van der Waals surface area contributed by atoms with Crippen LogP contribution in [0, 0.1) is 5.92 Å². The summed E-state index contributed by atoms with van der Waals surface area (Å²) >= 11 is 6.11. The minimum Gasteiger partial charge on any atom is -0.368 e.